The molecule has 134 valence electrons. The van der Waals surface area contributed by atoms with E-state index >= 15 is 0 Å². The van der Waals surface area contributed by atoms with Crippen LogP contribution in [0.25, 0.3) is 0 Å². The first kappa shape index (κ1) is 16.1. The van der Waals surface area contributed by atoms with Gasteiger partial charge in [0.1, 0.15) is 6.61 Å². The summed E-state index contributed by atoms with van der Waals surface area (Å²) < 4.78 is 16.4. The van der Waals surface area contributed by atoms with Gasteiger partial charge in [-0.1, -0.05) is 11.6 Å². The second kappa shape index (κ2) is 5.43. The van der Waals surface area contributed by atoms with Crippen LogP contribution in [0, 0.1) is 17.3 Å². The molecule has 1 aromatic rings. The Morgan fingerprint density at radius 3 is 2.68 bits per heavy atom. The van der Waals surface area contributed by atoms with Crippen LogP contribution in [0.5, 0.6) is 11.5 Å². The lowest BCUT2D eigenvalue weighted by atomic mass is 9.49. The van der Waals surface area contributed by atoms with E-state index in [9.17, 15) is 4.79 Å². The van der Waals surface area contributed by atoms with Crippen LogP contribution < -0.4 is 9.47 Å². The number of hydrogen-bond acceptors (Lipinski definition) is 4. The van der Waals surface area contributed by atoms with Crippen LogP contribution in [0.2, 0.25) is 5.02 Å². The first-order valence-corrected chi connectivity index (χ1v) is 9.65. The molecule has 4 bridgehead atoms. The number of benzene rings is 1. The number of rotatable bonds is 3. The van der Waals surface area contributed by atoms with Crippen molar-refractivity contribution in [1.29, 1.82) is 0 Å². The molecule has 0 aromatic heterocycles. The number of carbonyl (C=O) groups is 1. The molecule has 1 heterocycles. The van der Waals surface area contributed by atoms with Crippen LogP contribution in [-0.4, -0.2) is 17.6 Å². The topological polar surface area (TPSA) is 44.8 Å². The molecule has 6 heteroatoms. The van der Waals surface area contributed by atoms with Crippen molar-refractivity contribution in [3.8, 4) is 11.5 Å². The summed E-state index contributed by atoms with van der Waals surface area (Å²) in [5.41, 5.74) is 0.430. The van der Waals surface area contributed by atoms with Gasteiger partial charge in [-0.3, -0.25) is 4.79 Å². The largest absolute Gasteiger partial charge is 0.460 e. The molecule has 6 rings (SSSR count). The summed E-state index contributed by atoms with van der Waals surface area (Å²) >= 11 is 13.0. The van der Waals surface area contributed by atoms with E-state index in [1.165, 1.54) is 6.42 Å². The van der Waals surface area contributed by atoms with Crippen molar-refractivity contribution in [2.24, 2.45) is 17.3 Å². The summed E-state index contributed by atoms with van der Waals surface area (Å²) in [5, 5.41) is 0.482. The minimum absolute atomic E-state index is 0.0968. The maximum Gasteiger partial charge on any atom is 0.312 e. The van der Waals surface area contributed by atoms with Crippen molar-refractivity contribution in [2.75, 3.05) is 6.79 Å². The Hall–Kier alpha value is -1.13. The number of hydrogen-bond donors (Lipinski definition) is 0. The van der Waals surface area contributed by atoms with Crippen molar-refractivity contribution in [1.82, 2.24) is 0 Å². The van der Waals surface area contributed by atoms with Gasteiger partial charge in [0.15, 0.2) is 11.5 Å². The van der Waals surface area contributed by atoms with E-state index in [4.69, 9.17) is 37.4 Å². The fraction of sp³-hybridized carbons (Fsp3) is 0.632. The maximum absolute atomic E-state index is 13.0. The molecule has 0 saturated heterocycles. The Bertz CT molecular complexity index is 733. The van der Waals surface area contributed by atoms with E-state index < -0.39 is 0 Å². The van der Waals surface area contributed by atoms with Crippen LogP contribution >= 0.6 is 23.2 Å². The van der Waals surface area contributed by atoms with Crippen molar-refractivity contribution in [3.05, 3.63) is 22.7 Å². The Morgan fingerprint density at radius 2 is 1.96 bits per heavy atom. The second-order valence-electron chi connectivity index (χ2n) is 8.28. The zero-order chi connectivity index (χ0) is 17.2. The molecule has 4 atom stereocenters. The van der Waals surface area contributed by atoms with Crippen LogP contribution in [0.4, 0.5) is 0 Å². The average molecular weight is 383 g/mol. The van der Waals surface area contributed by atoms with Gasteiger partial charge < -0.3 is 14.2 Å². The van der Waals surface area contributed by atoms with Gasteiger partial charge in [0.25, 0.3) is 0 Å². The van der Waals surface area contributed by atoms with Crippen molar-refractivity contribution in [2.45, 2.75) is 50.0 Å². The molecule has 2 unspecified atom stereocenters. The Kier molecular flexibility index (Phi) is 3.49. The lowest BCUT2D eigenvalue weighted by Gasteiger charge is -2.58. The molecule has 0 radical (unpaired) electrons. The number of halogens is 2. The van der Waals surface area contributed by atoms with Gasteiger partial charge in [-0.15, -0.1) is 11.6 Å². The predicted molar refractivity (Wildman–Crippen MR) is 93.1 cm³/mol. The van der Waals surface area contributed by atoms with Gasteiger partial charge in [-0.25, -0.2) is 0 Å². The van der Waals surface area contributed by atoms with Crippen LogP contribution in [0.1, 0.15) is 44.1 Å². The number of alkyl halides is 1. The van der Waals surface area contributed by atoms with Crippen molar-refractivity contribution >= 4 is 29.2 Å². The number of esters is 1. The normalized spacial score (nSPS) is 37.4. The van der Waals surface area contributed by atoms with Gasteiger partial charge in [0.05, 0.1) is 10.4 Å². The molecule has 4 fully saturated rings. The number of ether oxygens (including phenoxy) is 3. The molecule has 4 aliphatic carbocycles. The number of carbonyl (C=O) groups excluding carboxylic acids is 1. The third-order valence-electron chi connectivity index (χ3n) is 6.28. The van der Waals surface area contributed by atoms with Gasteiger partial charge in [-0.05, 0) is 68.1 Å². The molecule has 4 nitrogen and oxygen atoms in total. The summed E-state index contributed by atoms with van der Waals surface area (Å²) in [7, 11) is 0. The predicted octanol–water partition coefficient (Wildman–Crippen LogP) is 4.69. The highest BCUT2D eigenvalue weighted by Gasteiger charge is 2.60. The van der Waals surface area contributed by atoms with Gasteiger partial charge in [-0.2, -0.15) is 0 Å². The quantitative estimate of drug-likeness (QED) is 0.561. The highest BCUT2D eigenvalue weighted by atomic mass is 35.5. The molecule has 1 aliphatic heterocycles. The average Bonchev–Trinajstić information content (AvgIpc) is 2.99. The zero-order valence-electron chi connectivity index (χ0n) is 13.9. The Morgan fingerprint density at radius 1 is 1.20 bits per heavy atom. The van der Waals surface area contributed by atoms with Gasteiger partial charge >= 0.3 is 5.97 Å². The molecule has 0 amide bonds. The molecule has 5 aliphatic rings. The van der Waals surface area contributed by atoms with Crippen molar-refractivity contribution < 1.29 is 19.0 Å². The summed E-state index contributed by atoms with van der Waals surface area (Å²) in [4.78, 5) is 12.8. The van der Waals surface area contributed by atoms with Gasteiger partial charge in [0.2, 0.25) is 6.79 Å². The first-order chi connectivity index (χ1) is 11.9. The second-order valence-corrected chi connectivity index (χ2v) is 9.49. The third kappa shape index (κ3) is 2.60. The molecule has 25 heavy (non-hydrogen) atoms. The smallest absolute Gasteiger partial charge is 0.312 e. The van der Waals surface area contributed by atoms with E-state index in [0.717, 1.165) is 37.7 Å². The molecule has 1 aromatic carbocycles. The Balaban J connectivity index is 1.32. The zero-order valence-corrected chi connectivity index (χ0v) is 15.4. The minimum Gasteiger partial charge on any atom is -0.460 e. The van der Waals surface area contributed by atoms with E-state index in [1.807, 2.05) is 6.07 Å². The SMILES string of the molecule is O=C(OCc1cc(Cl)c2c(c1)OCO2)C12C[C@@H]3C[C@@H](CC(Cl)(C3)C1)C2. The highest BCUT2D eigenvalue weighted by molar-refractivity contribution is 6.32. The lowest BCUT2D eigenvalue weighted by Crippen LogP contribution is -2.56. The molecule has 0 N–H and O–H groups in total. The summed E-state index contributed by atoms with van der Waals surface area (Å²) in [6, 6.07) is 3.59. The van der Waals surface area contributed by atoms with E-state index in [0.29, 0.717) is 28.4 Å². The monoisotopic (exact) mass is 382 g/mol. The first-order valence-electron chi connectivity index (χ1n) is 8.89. The van der Waals surface area contributed by atoms with E-state index in [-0.39, 0.29) is 29.7 Å². The van der Waals surface area contributed by atoms with Crippen molar-refractivity contribution in [3.63, 3.8) is 0 Å². The van der Waals surface area contributed by atoms with Crippen LogP contribution in [-0.2, 0) is 16.1 Å². The molecule has 0 spiro atoms. The summed E-state index contributed by atoms with van der Waals surface area (Å²) in [6.45, 7) is 0.365. The lowest BCUT2D eigenvalue weighted by molar-refractivity contribution is -0.171. The van der Waals surface area contributed by atoms with E-state index in [1.54, 1.807) is 6.07 Å². The summed E-state index contributed by atoms with van der Waals surface area (Å²) in [5.74, 6) is 2.22. The van der Waals surface area contributed by atoms with Crippen LogP contribution in [0.15, 0.2) is 12.1 Å². The highest BCUT2D eigenvalue weighted by Crippen LogP contribution is 2.64. The minimum atomic E-state index is -0.383. The maximum atomic E-state index is 13.0. The molecular formula is C19H20Cl2O4. The summed E-state index contributed by atoms with van der Waals surface area (Å²) in [6.07, 6.45) is 5.95. The fourth-order valence-corrected chi connectivity index (χ4v) is 6.78. The van der Waals surface area contributed by atoms with E-state index in [2.05, 4.69) is 0 Å². The van der Waals surface area contributed by atoms with Crippen LogP contribution in [0.3, 0.4) is 0 Å². The van der Waals surface area contributed by atoms with Gasteiger partial charge in [0, 0.05) is 4.87 Å². The molecule has 4 saturated carbocycles. The Labute approximate surface area is 156 Å². The number of fused-ring (bicyclic) bond motifs is 1. The standard InChI is InChI=1S/C19H20Cl2O4/c20-14-2-11(3-15-16(14)25-10-24-15)8-23-17(22)18-4-12-1-13(5-18)7-19(21,6-12)9-18/h2-3,12-13H,1,4-10H2/t12-,13+,18?,19?. The fourth-order valence-electron chi connectivity index (χ4n) is 5.80. The molecular weight excluding hydrogens is 363 g/mol. The third-order valence-corrected chi connectivity index (χ3v) is 7.00.